The number of benzene rings is 1. The summed E-state index contributed by atoms with van der Waals surface area (Å²) >= 11 is 0. The number of anilines is 1. The Morgan fingerprint density at radius 1 is 1.43 bits per heavy atom. The highest BCUT2D eigenvalue weighted by atomic mass is 19.1. The summed E-state index contributed by atoms with van der Waals surface area (Å²) < 4.78 is 14.1. The van der Waals surface area contributed by atoms with Crippen LogP contribution in [0.4, 0.5) is 10.1 Å². The molecule has 2 aromatic rings. The number of nitrogens with one attached hydrogen (secondary N) is 1. The molecule has 72 valence electrons. The molecule has 3 N–H and O–H groups in total. The molecule has 0 aliphatic heterocycles. The summed E-state index contributed by atoms with van der Waals surface area (Å²) in [6.45, 7) is 0. The minimum atomic E-state index is -0.428. The molecule has 0 aliphatic rings. The van der Waals surface area contributed by atoms with Gasteiger partial charge in [-0.2, -0.15) is 0 Å². The molecule has 1 aromatic carbocycles. The zero-order valence-electron chi connectivity index (χ0n) is 7.20. The number of nitrogen functional groups attached to an aromatic ring is 1. The van der Waals surface area contributed by atoms with Crippen molar-refractivity contribution in [3.8, 4) is 5.69 Å². The predicted molar refractivity (Wildman–Crippen MR) is 50.8 cm³/mol. The molecule has 0 bridgehead atoms. The van der Waals surface area contributed by atoms with Crippen molar-refractivity contribution in [2.24, 2.45) is 0 Å². The molecule has 1 heterocycles. The van der Waals surface area contributed by atoms with Gasteiger partial charge in [0.15, 0.2) is 0 Å². The normalized spacial score (nSPS) is 10.4. The second kappa shape index (κ2) is 3.02. The lowest BCUT2D eigenvalue weighted by Crippen LogP contribution is -2.15. The summed E-state index contributed by atoms with van der Waals surface area (Å²) in [5, 5.41) is 0. The molecule has 14 heavy (non-hydrogen) atoms. The van der Waals surface area contributed by atoms with Crippen molar-refractivity contribution in [2.45, 2.75) is 0 Å². The summed E-state index contributed by atoms with van der Waals surface area (Å²) in [7, 11) is 0. The van der Waals surface area contributed by atoms with Gasteiger partial charge in [-0.25, -0.2) is 9.18 Å². The first-order valence-electron chi connectivity index (χ1n) is 4.00. The number of aromatic nitrogens is 2. The van der Waals surface area contributed by atoms with E-state index in [1.54, 1.807) is 0 Å². The standard InChI is InChI=1S/C9H8FN3O/c10-6-1-2-7(11)8(5-6)13-4-3-12-9(13)14/h1-5H,11H2,(H,12,14). The largest absolute Gasteiger partial charge is 0.397 e. The van der Waals surface area contributed by atoms with E-state index < -0.39 is 5.82 Å². The van der Waals surface area contributed by atoms with E-state index in [4.69, 9.17) is 5.73 Å². The minimum Gasteiger partial charge on any atom is -0.397 e. The first-order valence-corrected chi connectivity index (χ1v) is 4.00. The number of halogens is 1. The van der Waals surface area contributed by atoms with Crippen molar-refractivity contribution >= 4 is 5.69 Å². The third-order valence-electron chi connectivity index (χ3n) is 1.90. The molecule has 0 radical (unpaired) electrons. The topological polar surface area (TPSA) is 63.8 Å². The maximum absolute atomic E-state index is 12.9. The zero-order valence-corrected chi connectivity index (χ0v) is 7.20. The number of nitrogens with zero attached hydrogens (tertiary/aromatic N) is 1. The molecule has 5 heteroatoms. The first kappa shape index (κ1) is 8.55. The summed E-state index contributed by atoms with van der Waals surface area (Å²) in [5.41, 5.74) is 5.96. The van der Waals surface area contributed by atoms with Crippen molar-refractivity contribution in [1.82, 2.24) is 9.55 Å². The Balaban J connectivity index is 2.68. The van der Waals surface area contributed by atoms with Crippen LogP contribution in [0.15, 0.2) is 35.4 Å². The first-order chi connectivity index (χ1) is 6.68. The Morgan fingerprint density at radius 3 is 2.86 bits per heavy atom. The van der Waals surface area contributed by atoms with Gasteiger partial charge in [0.05, 0.1) is 11.4 Å². The van der Waals surface area contributed by atoms with E-state index >= 15 is 0 Å². The molecule has 0 saturated heterocycles. The van der Waals surface area contributed by atoms with Crippen LogP contribution >= 0.6 is 0 Å². The van der Waals surface area contributed by atoms with Crippen LogP contribution in [0.3, 0.4) is 0 Å². The smallest absolute Gasteiger partial charge is 0.330 e. The molecule has 0 atom stereocenters. The quantitative estimate of drug-likeness (QED) is 0.660. The molecular weight excluding hydrogens is 185 g/mol. The lowest BCUT2D eigenvalue weighted by molar-refractivity contribution is 0.626. The fourth-order valence-electron chi connectivity index (χ4n) is 1.24. The fourth-order valence-corrected chi connectivity index (χ4v) is 1.24. The average molecular weight is 193 g/mol. The van der Waals surface area contributed by atoms with E-state index in [-0.39, 0.29) is 5.69 Å². The van der Waals surface area contributed by atoms with E-state index in [1.807, 2.05) is 0 Å². The van der Waals surface area contributed by atoms with E-state index in [2.05, 4.69) is 4.98 Å². The van der Waals surface area contributed by atoms with Crippen LogP contribution in [0.25, 0.3) is 5.69 Å². The number of hydrogen-bond donors (Lipinski definition) is 2. The van der Waals surface area contributed by atoms with E-state index in [9.17, 15) is 9.18 Å². The van der Waals surface area contributed by atoms with Crippen LogP contribution in [-0.4, -0.2) is 9.55 Å². The van der Waals surface area contributed by atoms with Gasteiger partial charge in [-0.05, 0) is 12.1 Å². The number of rotatable bonds is 1. The van der Waals surface area contributed by atoms with Gasteiger partial charge < -0.3 is 10.7 Å². The maximum atomic E-state index is 12.9. The third-order valence-corrected chi connectivity index (χ3v) is 1.90. The van der Waals surface area contributed by atoms with Crippen LogP contribution < -0.4 is 11.4 Å². The Morgan fingerprint density at radius 2 is 2.21 bits per heavy atom. The third kappa shape index (κ3) is 1.28. The Labute approximate surface area is 78.8 Å². The molecule has 1 aromatic heterocycles. The van der Waals surface area contributed by atoms with Crippen molar-refractivity contribution in [2.75, 3.05) is 5.73 Å². The molecule has 0 unspecified atom stereocenters. The van der Waals surface area contributed by atoms with E-state index in [1.165, 1.54) is 35.2 Å². The van der Waals surface area contributed by atoms with Gasteiger partial charge >= 0.3 is 5.69 Å². The lowest BCUT2D eigenvalue weighted by atomic mass is 10.2. The highest BCUT2D eigenvalue weighted by Gasteiger charge is 2.05. The predicted octanol–water partition coefficient (Wildman–Crippen LogP) is 0.887. The second-order valence-corrected chi connectivity index (χ2v) is 2.84. The van der Waals surface area contributed by atoms with Gasteiger partial charge in [-0.1, -0.05) is 0 Å². The van der Waals surface area contributed by atoms with E-state index in [0.717, 1.165) is 0 Å². The Kier molecular flexibility index (Phi) is 1.85. The molecule has 0 fully saturated rings. The van der Waals surface area contributed by atoms with Gasteiger partial charge in [0.2, 0.25) is 0 Å². The van der Waals surface area contributed by atoms with Crippen molar-refractivity contribution in [1.29, 1.82) is 0 Å². The molecule has 4 nitrogen and oxygen atoms in total. The number of aromatic amines is 1. The van der Waals surface area contributed by atoms with Crippen molar-refractivity contribution in [3.63, 3.8) is 0 Å². The van der Waals surface area contributed by atoms with Gasteiger partial charge in [0, 0.05) is 18.5 Å². The van der Waals surface area contributed by atoms with Gasteiger partial charge in [0.25, 0.3) is 0 Å². The molecular formula is C9H8FN3O. The number of H-pyrrole nitrogens is 1. The average Bonchev–Trinajstić information content (AvgIpc) is 2.56. The van der Waals surface area contributed by atoms with E-state index in [0.29, 0.717) is 11.4 Å². The van der Waals surface area contributed by atoms with Gasteiger partial charge in [-0.3, -0.25) is 4.57 Å². The number of hydrogen-bond acceptors (Lipinski definition) is 2. The summed E-state index contributed by atoms with van der Waals surface area (Å²) in [5.74, 6) is -0.428. The SMILES string of the molecule is Nc1ccc(F)cc1-n1cc[nH]c1=O. The number of nitrogens with two attached hydrogens (primary N) is 1. The van der Waals surface area contributed by atoms with Crippen LogP contribution in [0.5, 0.6) is 0 Å². The number of imidazole rings is 1. The molecule has 0 amide bonds. The van der Waals surface area contributed by atoms with Crippen LogP contribution in [0.2, 0.25) is 0 Å². The Hall–Kier alpha value is -2.04. The highest BCUT2D eigenvalue weighted by molar-refractivity contribution is 5.57. The highest BCUT2D eigenvalue weighted by Crippen LogP contribution is 2.16. The lowest BCUT2D eigenvalue weighted by Gasteiger charge is -2.04. The molecule has 0 spiro atoms. The zero-order chi connectivity index (χ0) is 10.1. The van der Waals surface area contributed by atoms with Crippen molar-refractivity contribution in [3.05, 3.63) is 46.9 Å². The summed E-state index contributed by atoms with van der Waals surface area (Å²) in [4.78, 5) is 13.7. The molecule has 0 aliphatic carbocycles. The summed E-state index contributed by atoms with van der Waals surface area (Å²) in [6, 6.07) is 3.88. The minimum absolute atomic E-state index is 0.344. The van der Waals surface area contributed by atoms with Gasteiger partial charge in [-0.15, -0.1) is 0 Å². The fraction of sp³-hybridized carbons (Fsp3) is 0. The second-order valence-electron chi connectivity index (χ2n) is 2.84. The van der Waals surface area contributed by atoms with Crippen LogP contribution in [-0.2, 0) is 0 Å². The van der Waals surface area contributed by atoms with Crippen molar-refractivity contribution < 1.29 is 4.39 Å². The summed E-state index contributed by atoms with van der Waals surface area (Å²) in [6.07, 6.45) is 2.96. The van der Waals surface area contributed by atoms with Crippen LogP contribution in [0.1, 0.15) is 0 Å². The van der Waals surface area contributed by atoms with Gasteiger partial charge in [0.1, 0.15) is 5.82 Å². The van der Waals surface area contributed by atoms with Crippen LogP contribution in [0, 0.1) is 5.82 Å². The Bertz CT molecular complexity index is 515. The maximum Gasteiger partial charge on any atom is 0.330 e. The monoisotopic (exact) mass is 193 g/mol. The molecule has 0 saturated carbocycles. The molecule has 2 rings (SSSR count).